The number of rotatable bonds is 3. The van der Waals surface area contributed by atoms with Gasteiger partial charge in [0.2, 0.25) is 0 Å². The van der Waals surface area contributed by atoms with E-state index in [9.17, 15) is 0 Å². The van der Waals surface area contributed by atoms with Gasteiger partial charge in [-0.15, -0.1) is 11.3 Å². The lowest BCUT2D eigenvalue weighted by Gasteiger charge is -2.13. The Labute approximate surface area is 153 Å². The zero-order valence-corrected chi connectivity index (χ0v) is 16.1. The summed E-state index contributed by atoms with van der Waals surface area (Å²) < 4.78 is 7.40. The number of fused-ring (bicyclic) bond motifs is 2. The molecule has 0 radical (unpaired) electrons. The first-order valence-electron chi connectivity index (χ1n) is 8.91. The van der Waals surface area contributed by atoms with Gasteiger partial charge in [0.15, 0.2) is 0 Å². The van der Waals surface area contributed by atoms with E-state index in [-0.39, 0.29) is 5.41 Å². The van der Waals surface area contributed by atoms with Gasteiger partial charge in [-0.05, 0) is 53.6 Å². The Morgan fingerprint density at radius 1 is 0.960 bits per heavy atom. The molecule has 2 heteroatoms. The SMILES string of the molecule is CC(Cc1ccc2oc(C(C)(C)C)cc2c1)c1cc2ccccc2s1. The van der Waals surface area contributed by atoms with E-state index in [0.29, 0.717) is 5.92 Å². The van der Waals surface area contributed by atoms with Crippen molar-refractivity contribution in [3.8, 4) is 0 Å². The van der Waals surface area contributed by atoms with E-state index in [1.165, 1.54) is 25.9 Å². The highest BCUT2D eigenvalue weighted by Gasteiger charge is 2.19. The van der Waals surface area contributed by atoms with E-state index >= 15 is 0 Å². The van der Waals surface area contributed by atoms with Crippen LogP contribution in [0.3, 0.4) is 0 Å². The first-order chi connectivity index (χ1) is 11.9. The van der Waals surface area contributed by atoms with Crippen LogP contribution in [0.25, 0.3) is 21.1 Å². The van der Waals surface area contributed by atoms with Gasteiger partial charge in [-0.1, -0.05) is 52.0 Å². The molecule has 0 bridgehead atoms. The molecule has 0 N–H and O–H groups in total. The van der Waals surface area contributed by atoms with Gasteiger partial charge in [0, 0.05) is 20.4 Å². The minimum absolute atomic E-state index is 0.0452. The predicted octanol–water partition coefficient (Wildman–Crippen LogP) is 7.29. The molecule has 2 aromatic carbocycles. The smallest absolute Gasteiger partial charge is 0.134 e. The number of hydrogen-bond donors (Lipinski definition) is 0. The molecule has 0 saturated heterocycles. The lowest BCUT2D eigenvalue weighted by molar-refractivity contribution is 0.430. The molecule has 2 aromatic heterocycles. The van der Waals surface area contributed by atoms with Crippen LogP contribution in [0.5, 0.6) is 0 Å². The second kappa shape index (κ2) is 6.03. The molecule has 0 fully saturated rings. The third-order valence-corrected chi connectivity index (χ3v) is 6.14. The van der Waals surface area contributed by atoms with E-state index in [1.54, 1.807) is 0 Å². The molecular formula is C23H24OS. The van der Waals surface area contributed by atoms with Crippen molar-refractivity contribution in [1.29, 1.82) is 0 Å². The molecule has 0 spiro atoms. The van der Waals surface area contributed by atoms with Crippen molar-refractivity contribution in [1.82, 2.24) is 0 Å². The molecule has 0 aliphatic carbocycles. The topological polar surface area (TPSA) is 13.1 Å². The summed E-state index contributed by atoms with van der Waals surface area (Å²) in [7, 11) is 0. The molecule has 0 aliphatic rings. The van der Waals surface area contributed by atoms with Crippen LogP contribution in [0, 0.1) is 0 Å². The van der Waals surface area contributed by atoms with Crippen LogP contribution in [0.15, 0.2) is 59.0 Å². The first kappa shape index (κ1) is 16.4. The molecule has 1 atom stereocenters. The van der Waals surface area contributed by atoms with Gasteiger partial charge in [0.05, 0.1) is 0 Å². The summed E-state index contributed by atoms with van der Waals surface area (Å²) in [6.45, 7) is 8.89. The third-order valence-electron chi connectivity index (χ3n) is 4.79. The Kier molecular flexibility index (Phi) is 3.96. The number of thiophene rings is 1. The van der Waals surface area contributed by atoms with Crippen molar-refractivity contribution < 1.29 is 4.42 Å². The van der Waals surface area contributed by atoms with Crippen LogP contribution < -0.4 is 0 Å². The van der Waals surface area contributed by atoms with Crippen LogP contribution in [0.4, 0.5) is 0 Å². The van der Waals surface area contributed by atoms with Crippen molar-refractivity contribution in [3.05, 3.63) is 70.8 Å². The molecule has 25 heavy (non-hydrogen) atoms. The molecule has 2 heterocycles. The van der Waals surface area contributed by atoms with Gasteiger partial charge in [-0.25, -0.2) is 0 Å². The number of benzene rings is 2. The van der Waals surface area contributed by atoms with Gasteiger partial charge < -0.3 is 4.42 Å². The Hall–Kier alpha value is -2.06. The Morgan fingerprint density at radius 3 is 2.52 bits per heavy atom. The molecule has 4 rings (SSSR count). The highest BCUT2D eigenvalue weighted by molar-refractivity contribution is 7.19. The van der Waals surface area contributed by atoms with Crippen molar-refractivity contribution in [2.24, 2.45) is 0 Å². The minimum atomic E-state index is 0.0452. The van der Waals surface area contributed by atoms with Crippen molar-refractivity contribution in [3.63, 3.8) is 0 Å². The fraction of sp³-hybridized carbons (Fsp3) is 0.304. The summed E-state index contributed by atoms with van der Waals surface area (Å²) >= 11 is 1.92. The third kappa shape index (κ3) is 3.23. The predicted molar refractivity (Wildman–Crippen MR) is 109 cm³/mol. The lowest BCUT2D eigenvalue weighted by Crippen LogP contribution is -2.08. The average molecular weight is 349 g/mol. The zero-order chi connectivity index (χ0) is 17.6. The normalized spacial score (nSPS) is 13.6. The van der Waals surface area contributed by atoms with E-state index in [0.717, 1.165) is 17.8 Å². The summed E-state index contributed by atoms with van der Waals surface area (Å²) in [6.07, 6.45) is 1.05. The quantitative estimate of drug-likeness (QED) is 0.379. The minimum Gasteiger partial charge on any atom is -0.461 e. The molecule has 0 saturated carbocycles. The van der Waals surface area contributed by atoms with Crippen molar-refractivity contribution in [2.45, 2.75) is 45.4 Å². The number of furan rings is 1. The highest BCUT2D eigenvalue weighted by Crippen LogP contribution is 2.34. The van der Waals surface area contributed by atoms with E-state index in [4.69, 9.17) is 4.42 Å². The summed E-state index contributed by atoms with van der Waals surface area (Å²) in [5, 5.41) is 2.57. The largest absolute Gasteiger partial charge is 0.461 e. The molecule has 4 aromatic rings. The van der Waals surface area contributed by atoms with E-state index in [2.05, 4.69) is 82.3 Å². The van der Waals surface area contributed by atoms with Crippen molar-refractivity contribution in [2.75, 3.05) is 0 Å². The Bertz CT molecular complexity index is 996. The van der Waals surface area contributed by atoms with Crippen LogP contribution in [-0.2, 0) is 11.8 Å². The summed E-state index contributed by atoms with van der Waals surface area (Å²) in [5.74, 6) is 1.57. The fourth-order valence-corrected chi connectivity index (χ4v) is 4.40. The number of hydrogen-bond acceptors (Lipinski definition) is 2. The van der Waals surface area contributed by atoms with Gasteiger partial charge in [0.1, 0.15) is 11.3 Å². The summed E-state index contributed by atoms with van der Waals surface area (Å²) in [4.78, 5) is 1.46. The van der Waals surface area contributed by atoms with Gasteiger partial charge in [-0.3, -0.25) is 0 Å². The Morgan fingerprint density at radius 2 is 1.76 bits per heavy atom. The van der Waals surface area contributed by atoms with E-state index < -0.39 is 0 Å². The van der Waals surface area contributed by atoms with E-state index in [1.807, 2.05) is 11.3 Å². The molecule has 128 valence electrons. The Balaban J connectivity index is 1.61. The highest BCUT2D eigenvalue weighted by atomic mass is 32.1. The maximum atomic E-state index is 6.02. The van der Waals surface area contributed by atoms with Crippen LogP contribution in [0.1, 0.15) is 49.8 Å². The molecular weight excluding hydrogens is 324 g/mol. The molecule has 0 amide bonds. The summed E-state index contributed by atoms with van der Waals surface area (Å²) in [6, 6.07) is 19.8. The van der Waals surface area contributed by atoms with Crippen molar-refractivity contribution >= 4 is 32.4 Å². The maximum Gasteiger partial charge on any atom is 0.134 e. The summed E-state index contributed by atoms with van der Waals surface area (Å²) in [5.41, 5.74) is 2.41. The molecule has 0 aliphatic heterocycles. The van der Waals surface area contributed by atoms with Gasteiger partial charge in [-0.2, -0.15) is 0 Å². The standard InChI is InChI=1S/C23H24OS/c1-15(21-13-17-7-5-6-8-20(17)25-21)11-16-9-10-19-18(12-16)14-22(24-19)23(2,3)4/h5-10,12-15H,11H2,1-4H3. The zero-order valence-electron chi connectivity index (χ0n) is 15.3. The maximum absolute atomic E-state index is 6.02. The lowest BCUT2D eigenvalue weighted by atomic mass is 9.93. The first-order valence-corrected chi connectivity index (χ1v) is 9.73. The van der Waals surface area contributed by atoms with Crippen LogP contribution >= 0.6 is 11.3 Å². The van der Waals surface area contributed by atoms with Crippen LogP contribution in [0.2, 0.25) is 0 Å². The monoisotopic (exact) mass is 348 g/mol. The van der Waals surface area contributed by atoms with Gasteiger partial charge >= 0.3 is 0 Å². The second-order valence-electron chi connectivity index (χ2n) is 8.02. The fourth-order valence-electron chi connectivity index (χ4n) is 3.29. The molecule has 1 unspecified atom stereocenters. The van der Waals surface area contributed by atoms with Gasteiger partial charge in [0.25, 0.3) is 0 Å². The average Bonchev–Trinajstić information content (AvgIpc) is 3.18. The molecule has 1 nitrogen and oxygen atoms in total. The van der Waals surface area contributed by atoms with Crippen LogP contribution in [-0.4, -0.2) is 0 Å². The second-order valence-corrected chi connectivity index (χ2v) is 9.14.